The zero-order valence-corrected chi connectivity index (χ0v) is 8.49. The van der Waals surface area contributed by atoms with Crippen molar-refractivity contribution in [2.75, 3.05) is 7.11 Å². The molecule has 1 aliphatic carbocycles. The van der Waals surface area contributed by atoms with Gasteiger partial charge in [-0.15, -0.1) is 0 Å². The number of nitrogens with zero attached hydrogens (tertiary/aromatic N) is 2. The van der Waals surface area contributed by atoms with Gasteiger partial charge in [-0.25, -0.2) is 4.79 Å². The van der Waals surface area contributed by atoms with Crippen LogP contribution >= 0.6 is 0 Å². The van der Waals surface area contributed by atoms with Gasteiger partial charge in [-0.3, -0.25) is 4.68 Å². The van der Waals surface area contributed by atoms with Gasteiger partial charge in [0.2, 0.25) is 0 Å². The van der Waals surface area contributed by atoms with E-state index in [4.69, 9.17) is 0 Å². The van der Waals surface area contributed by atoms with Gasteiger partial charge in [0.05, 0.1) is 7.11 Å². The SMILES string of the molecule is COC(=O)c1cc(CC2CC2)n(C)n1. The summed E-state index contributed by atoms with van der Waals surface area (Å²) < 4.78 is 6.38. The maximum absolute atomic E-state index is 11.2. The molecule has 1 fully saturated rings. The molecule has 0 aliphatic heterocycles. The second-order valence-electron chi connectivity index (χ2n) is 3.78. The van der Waals surface area contributed by atoms with Gasteiger partial charge in [-0.2, -0.15) is 5.10 Å². The Balaban J connectivity index is 2.15. The molecule has 0 amide bonds. The molecule has 0 radical (unpaired) electrons. The summed E-state index contributed by atoms with van der Waals surface area (Å²) in [5.74, 6) is 0.443. The number of hydrogen-bond donors (Lipinski definition) is 0. The van der Waals surface area contributed by atoms with E-state index in [2.05, 4.69) is 9.84 Å². The molecule has 0 bridgehead atoms. The van der Waals surface area contributed by atoms with Crippen molar-refractivity contribution >= 4 is 5.97 Å². The quantitative estimate of drug-likeness (QED) is 0.678. The van der Waals surface area contributed by atoms with E-state index in [1.54, 1.807) is 4.68 Å². The highest BCUT2D eigenvalue weighted by Gasteiger charge is 2.24. The summed E-state index contributed by atoms with van der Waals surface area (Å²) in [5, 5.41) is 4.10. The van der Waals surface area contributed by atoms with E-state index in [1.807, 2.05) is 13.1 Å². The Morgan fingerprint density at radius 3 is 3.00 bits per heavy atom. The van der Waals surface area contributed by atoms with E-state index >= 15 is 0 Å². The van der Waals surface area contributed by atoms with Gasteiger partial charge in [0.15, 0.2) is 5.69 Å². The second kappa shape index (κ2) is 3.44. The highest BCUT2D eigenvalue weighted by Crippen LogP contribution is 2.32. The second-order valence-corrected chi connectivity index (χ2v) is 3.78. The Morgan fingerprint density at radius 2 is 2.43 bits per heavy atom. The first-order valence-corrected chi connectivity index (χ1v) is 4.82. The number of methoxy groups -OCH3 is 1. The van der Waals surface area contributed by atoms with E-state index in [9.17, 15) is 4.79 Å². The van der Waals surface area contributed by atoms with E-state index in [0.717, 1.165) is 18.0 Å². The monoisotopic (exact) mass is 194 g/mol. The van der Waals surface area contributed by atoms with Crippen LogP contribution in [0.15, 0.2) is 6.07 Å². The van der Waals surface area contributed by atoms with E-state index in [0.29, 0.717) is 5.69 Å². The largest absolute Gasteiger partial charge is 0.464 e. The van der Waals surface area contributed by atoms with Crippen LogP contribution in [-0.4, -0.2) is 22.9 Å². The zero-order valence-electron chi connectivity index (χ0n) is 8.49. The Bertz CT molecular complexity index is 353. The average Bonchev–Trinajstić information content (AvgIpc) is 2.91. The smallest absolute Gasteiger partial charge is 0.358 e. The molecule has 0 saturated heterocycles. The average molecular weight is 194 g/mol. The van der Waals surface area contributed by atoms with Crippen molar-refractivity contribution in [2.24, 2.45) is 13.0 Å². The molecular formula is C10H14N2O2. The molecule has 1 aliphatic rings. The fraction of sp³-hybridized carbons (Fsp3) is 0.600. The lowest BCUT2D eigenvalue weighted by atomic mass is 10.2. The highest BCUT2D eigenvalue weighted by atomic mass is 16.5. The third-order valence-corrected chi connectivity index (χ3v) is 2.57. The van der Waals surface area contributed by atoms with Crippen molar-refractivity contribution in [3.8, 4) is 0 Å². The predicted octanol–water partition coefficient (Wildman–Crippen LogP) is 1.16. The molecule has 0 aromatic carbocycles. The van der Waals surface area contributed by atoms with Gasteiger partial charge in [-0.1, -0.05) is 0 Å². The topological polar surface area (TPSA) is 44.1 Å². The molecule has 0 atom stereocenters. The Hall–Kier alpha value is -1.32. The summed E-state index contributed by atoms with van der Waals surface area (Å²) in [7, 11) is 3.24. The van der Waals surface area contributed by atoms with Crippen LogP contribution in [0.25, 0.3) is 0 Å². The summed E-state index contributed by atoms with van der Waals surface area (Å²) in [6, 6.07) is 1.82. The van der Waals surface area contributed by atoms with E-state index < -0.39 is 0 Å². The predicted molar refractivity (Wildman–Crippen MR) is 51.0 cm³/mol. The fourth-order valence-electron chi connectivity index (χ4n) is 1.52. The molecule has 1 heterocycles. The van der Waals surface area contributed by atoms with Crippen molar-refractivity contribution in [2.45, 2.75) is 19.3 Å². The molecule has 1 aromatic rings. The van der Waals surface area contributed by atoms with Gasteiger partial charge in [-0.05, 0) is 31.2 Å². The number of aryl methyl sites for hydroxylation is 1. The lowest BCUT2D eigenvalue weighted by Gasteiger charge is -1.97. The number of carbonyl (C=O) groups is 1. The number of ether oxygens (including phenoxy) is 1. The molecule has 0 spiro atoms. The van der Waals surface area contributed by atoms with Crippen LogP contribution in [0.1, 0.15) is 29.0 Å². The van der Waals surface area contributed by atoms with Crippen LogP contribution in [0.4, 0.5) is 0 Å². The first kappa shape index (κ1) is 9.24. The molecule has 0 N–H and O–H groups in total. The summed E-state index contributed by atoms with van der Waals surface area (Å²) in [6.45, 7) is 0. The van der Waals surface area contributed by atoms with Gasteiger partial charge in [0.25, 0.3) is 0 Å². The Labute approximate surface area is 82.9 Å². The van der Waals surface area contributed by atoms with Crippen LogP contribution in [0.3, 0.4) is 0 Å². The number of carbonyl (C=O) groups excluding carboxylic acids is 1. The molecule has 2 rings (SSSR count). The van der Waals surface area contributed by atoms with Crippen molar-refractivity contribution in [3.05, 3.63) is 17.5 Å². The maximum atomic E-state index is 11.2. The molecule has 4 heteroatoms. The number of rotatable bonds is 3. The Morgan fingerprint density at radius 1 is 1.71 bits per heavy atom. The standard InChI is InChI=1S/C10H14N2O2/c1-12-8(5-7-3-4-7)6-9(11-12)10(13)14-2/h6-7H,3-5H2,1-2H3. The minimum absolute atomic E-state index is 0.359. The third-order valence-electron chi connectivity index (χ3n) is 2.57. The van der Waals surface area contributed by atoms with E-state index in [1.165, 1.54) is 20.0 Å². The molecule has 14 heavy (non-hydrogen) atoms. The lowest BCUT2D eigenvalue weighted by molar-refractivity contribution is 0.0593. The zero-order chi connectivity index (χ0) is 10.1. The first-order valence-electron chi connectivity index (χ1n) is 4.82. The number of hydrogen-bond acceptors (Lipinski definition) is 3. The lowest BCUT2D eigenvalue weighted by Crippen LogP contribution is -2.03. The summed E-state index contributed by atoms with van der Waals surface area (Å²) >= 11 is 0. The summed E-state index contributed by atoms with van der Waals surface area (Å²) in [5.41, 5.74) is 1.53. The van der Waals surface area contributed by atoms with Crippen LogP contribution in [-0.2, 0) is 18.2 Å². The normalized spacial score (nSPS) is 15.6. The van der Waals surface area contributed by atoms with Crippen LogP contribution < -0.4 is 0 Å². The van der Waals surface area contributed by atoms with Crippen molar-refractivity contribution in [3.63, 3.8) is 0 Å². The Kier molecular flexibility index (Phi) is 2.27. The molecule has 4 nitrogen and oxygen atoms in total. The highest BCUT2D eigenvalue weighted by molar-refractivity contribution is 5.87. The van der Waals surface area contributed by atoms with Gasteiger partial charge in [0.1, 0.15) is 0 Å². The van der Waals surface area contributed by atoms with Crippen LogP contribution in [0.2, 0.25) is 0 Å². The van der Waals surface area contributed by atoms with Crippen LogP contribution in [0.5, 0.6) is 0 Å². The number of aromatic nitrogens is 2. The van der Waals surface area contributed by atoms with Crippen molar-refractivity contribution in [1.29, 1.82) is 0 Å². The minimum Gasteiger partial charge on any atom is -0.464 e. The number of esters is 1. The van der Waals surface area contributed by atoms with Crippen molar-refractivity contribution in [1.82, 2.24) is 9.78 Å². The molecule has 0 unspecified atom stereocenters. The third kappa shape index (κ3) is 1.78. The molecule has 1 saturated carbocycles. The maximum Gasteiger partial charge on any atom is 0.358 e. The molecule has 76 valence electrons. The minimum atomic E-state index is -0.359. The molecular weight excluding hydrogens is 180 g/mol. The van der Waals surface area contributed by atoms with E-state index in [-0.39, 0.29) is 5.97 Å². The van der Waals surface area contributed by atoms with Gasteiger partial charge < -0.3 is 4.74 Å². The van der Waals surface area contributed by atoms with Crippen molar-refractivity contribution < 1.29 is 9.53 Å². The fourth-order valence-corrected chi connectivity index (χ4v) is 1.52. The van der Waals surface area contributed by atoms with Gasteiger partial charge in [0, 0.05) is 12.7 Å². The van der Waals surface area contributed by atoms with Gasteiger partial charge >= 0.3 is 5.97 Å². The summed E-state index contributed by atoms with van der Waals surface area (Å²) in [6.07, 6.45) is 3.64. The van der Waals surface area contributed by atoms with Crippen LogP contribution in [0, 0.1) is 5.92 Å². The molecule has 1 aromatic heterocycles. The first-order chi connectivity index (χ1) is 6.70. The summed E-state index contributed by atoms with van der Waals surface area (Å²) in [4.78, 5) is 11.2.